The summed E-state index contributed by atoms with van der Waals surface area (Å²) >= 11 is 0. The van der Waals surface area contributed by atoms with E-state index in [9.17, 15) is 14.7 Å². The molecule has 0 amide bonds. The maximum absolute atomic E-state index is 11.6. The van der Waals surface area contributed by atoms with Crippen LogP contribution in [0.15, 0.2) is 23.0 Å². The minimum absolute atomic E-state index is 0.0662. The van der Waals surface area contributed by atoms with E-state index in [2.05, 4.69) is 0 Å². The zero-order chi connectivity index (χ0) is 14.8. The van der Waals surface area contributed by atoms with Gasteiger partial charge in [-0.05, 0) is 38.8 Å². The summed E-state index contributed by atoms with van der Waals surface area (Å²) in [4.78, 5) is 22.7. The molecule has 1 rings (SSSR count). The van der Waals surface area contributed by atoms with Gasteiger partial charge in [0, 0.05) is 12.0 Å². The Labute approximate surface area is 112 Å². The van der Waals surface area contributed by atoms with Gasteiger partial charge in [0.2, 0.25) is 0 Å². The van der Waals surface area contributed by atoms with E-state index in [4.69, 9.17) is 9.84 Å². The van der Waals surface area contributed by atoms with Crippen molar-refractivity contribution in [3.63, 3.8) is 0 Å². The minimum Gasteiger partial charge on any atom is -0.494 e. The van der Waals surface area contributed by atoms with E-state index in [0.29, 0.717) is 17.8 Å². The summed E-state index contributed by atoms with van der Waals surface area (Å²) < 4.78 is 5.66. The summed E-state index contributed by atoms with van der Waals surface area (Å²) in [6.45, 7) is 7.00. The molecule has 2 N–H and O–H groups in total. The molecule has 0 aromatic carbocycles. The number of carboxylic acid groups (broad SMARTS) is 2. The second-order valence-corrected chi connectivity index (χ2v) is 5.16. The highest BCUT2D eigenvalue weighted by Crippen LogP contribution is 2.42. The largest absolute Gasteiger partial charge is 0.494 e. The van der Waals surface area contributed by atoms with Gasteiger partial charge in [0.15, 0.2) is 0 Å². The summed E-state index contributed by atoms with van der Waals surface area (Å²) in [6.07, 6.45) is 1.84. The van der Waals surface area contributed by atoms with Gasteiger partial charge in [0.25, 0.3) is 0 Å². The SMILES string of the molecule is CCC1=C(OC(C)C)C(C)(C(=O)O)CC(C(=O)O)=C1. The fourth-order valence-corrected chi connectivity index (χ4v) is 2.16. The lowest BCUT2D eigenvalue weighted by Gasteiger charge is -2.34. The average molecular weight is 268 g/mol. The lowest BCUT2D eigenvalue weighted by atomic mass is 9.75. The third-order valence-corrected chi connectivity index (χ3v) is 3.17. The maximum Gasteiger partial charge on any atom is 0.331 e. The van der Waals surface area contributed by atoms with Gasteiger partial charge in [-0.25, -0.2) is 4.79 Å². The molecule has 0 bridgehead atoms. The lowest BCUT2D eigenvalue weighted by Crippen LogP contribution is -2.36. The summed E-state index contributed by atoms with van der Waals surface area (Å²) in [6, 6.07) is 0. The van der Waals surface area contributed by atoms with Crippen LogP contribution in [0.25, 0.3) is 0 Å². The Morgan fingerprint density at radius 1 is 1.42 bits per heavy atom. The van der Waals surface area contributed by atoms with E-state index in [0.717, 1.165) is 0 Å². The first-order valence-corrected chi connectivity index (χ1v) is 6.30. The molecule has 0 saturated heterocycles. The first-order valence-electron chi connectivity index (χ1n) is 6.30. The Kier molecular flexibility index (Phi) is 4.39. The second kappa shape index (κ2) is 5.47. The van der Waals surface area contributed by atoms with Gasteiger partial charge in [-0.2, -0.15) is 0 Å². The molecular formula is C14H20O5. The topological polar surface area (TPSA) is 83.8 Å². The standard InChI is InChI=1S/C14H20O5/c1-5-9-6-10(12(15)16)7-14(4,13(17)18)11(9)19-8(2)3/h6,8H,5,7H2,1-4H3,(H,15,16)(H,17,18). The number of aliphatic carboxylic acids is 2. The van der Waals surface area contributed by atoms with Crippen LogP contribution in [0, 0.1) is 5.41 Å². The van der Waals surface area contributed by atoms with Crippen molar-refractivity contribution < 1.29 is 24.5 Å². The number of hydrogen-bond acceptors (Lipinski definition) is 3. The van der Waals surface area contributed by atoms with Gasteiger partial charge in [-0.3, -0.25) is 4.79 Å². The first-order chi connectivity index (χ1) is 8.72. The van der Waals surface area contributed by atoms with Crippen molar-refractivity contribution in [3.8, 4) is 0 Å². The Bertz CT molecular complexity index is 458. The summed E-state index contributed by atoms with van der Waals surface area (Å²) in [5.41, 5.74) is -0.571. The number of hydrogen-bond donors (Lipinski definition) is 2. The summed E-state index contributed by atoms with van der Waals surface area (Å²) in [5, 5.41) is 18.6. The molecule has 0 fully saturated rings. The molecule has 1 unspecified atom stereocenters. The van der Waals surface area contributed by atoms with E-state index in [-0.39, 0.29) is 18.1 Å². The van der Waals surface area contributed by atoms with Crippen molar-refractivity contribution >= 4 is 11.9 Å². The van der Waals surface area contributed by atoms with Gasteiger partial charge >= 0.3 is 11.9 Å². The van der Waals surface area contributed by atoms with Crippen LogP contribution in [0.3, 0.4) is 0 Å². The van der Waals surface area contributed by atoms with Crippen LogP contribution >= 0.6 is 0 Å². The van der Waals surface area contributed by atoms with E-state index < -0.39 is 17.4 Å². The second-order valence-electron chi connectivity index (χ2n) is 5.16. The van der Waals surface area contributed by atoms with E-state index >= 15 is 0 Å². The molecule has 5 heteroatoms. The summed E-state index contributed by atoms with van der Waals surface area (Å²) in [7, 11) is 0. The van der Waals surface area contributed by atoms with Gasteiger partial charge in [0.1, 0.15) is 11.2 Å². The van der Waals surface area contributed by atoms with Gasteiger partial charge in [-0.15, -0.1) is 0 Å². The zero-order valence-corrected chi connectivity index (χ0v) is 11.7. The smallest absolute Gasteiger partial charge is 0.331 e. The molecule has 0 heterocycles. The summed E-state index contributed by atoms with van der Waals surface area (Å²) in [5.74, 6) is -1.77. The van der Waals surface area contributed by atoms with Crippen molar-refractivity contribution in [2.75, 3.05) is 0 Å². The van der Waals surface area contributed by atoms with Crippen LogP contribution in [-0.4, -0.2) is 28.3 Å². The van der Waals surface area contributed by atoms with Crippen LogP contribution in [0.1, 0.15) is 40.5 Å². The lowest BCUT2D eigenvalue weighted by molar-refractivity contribution is -0.148. The Morgan fingerprint density at radius 2 is 2.00 bits per heavy atom. The number of rotatable bonds is 5. The maximum atomic E-state index is 11.6. The molecular weight excluding hydrogens is 248 g/mol. The van der Waals surface area contributed by atoms with Gasteiger partial charge < -0.3 is 14.9 Å². The third kappa shape index (κ3) is 2.97. The molecule has 0 aliphatic heterocycles. The molecule has 1 atom stereocenters. The molecule has 0 aromatic heterocycles. The van der Waals surface area contributed by atoms with Crippen LogP contribution < -0.4 is 0 Å². The van der Waals surface area contributed by atoms with Gasteiger partial charge in [0.05, 0.1) is 6.10 Å². The average Bonchev–Trinajstić information content (AvgIpc) is 2.30. The quantitative estimate of drug-likeness (QED) is 0.800. The van der Waals surface area contributed by atoms with Crippen LogP contribution in [0.2, 0.25) is 0 Å². The predicted octanol–water partition coefficient (Wildman–Crippen LogP) is 2.58. The van der Waals surface area contributed by atoms with Crippen molar-refractivity contribution in [1.29, 1.82) is 0 Å². The zero-order valence-electron chi connectivity index (χ0n) is 11.7. The first kappa shape index (κ1) is 15.3. The molecule has 106 valence electrons. The van der Waals surface area contributed by atoms with Crippen LogP contribution in [0.5, 0.6) is 0 Å². The van der Waals surface area contributed by atoms with Crippen LogP contribution in [-0.2, 0) is 14.3 Å². The third-order valence-electron chi connectivity index (χ3n) is 3.17. The fourth-order valence-electron chi connectivity index (χ4n) is 2.16. The van der Waals surface area contributed by atoms with E-state index in [1.54, 1.807) is 0 Å². The Morgan fingerprint density at radius 3 is 2.37 bits per heavy atom. The molecule has 5 nitrogen and oxygen atoms in total. The highest BCUT2D eigenvalue weighted by atomic mass is 16.5. The molecule has 1 aliphatic rings. The van der Waals surface area contributed by atoms with Gasteiger partial charge in [-0.1, -0.05) is 6.92 Å². The fraction of sp³-hybridized carbons (Fsp3) is 0.571. The highest BCUT2D eigenvalue weighted by Gasteiger charge is 2.44. The van der Waals surface area contributed by atoms with Crippen molar-refractivity contribution in [2.45, 2.75) is 46.6 Å². The predicted molar refractivity (Wildman–Crippen MR) is 69.6 cm³/mol. The Hall–Kier alpha value is -1.78. The molecule has 0 aromatic rings. The molecule has 0 spiro atoms. The molecule has 0 saturated carbocycles. The monoisotopic (exact) mass is 268 g/mol. The Balaban J connectivity index is 3.40. The normalized spacial score (nSPS) is 23.3. The number of ether oxygens (including phenoxy) is 1. The number of carboxylic acids is 2. The van der Waals surface area contributed by atoms with Crippen LogP contribution in [0.4, 0.5) is 0 Å². The number of allylic oxidation sites excluding steroid dienone is 2. The van der Waals surface area contributed by atoms with Crippen molar-refractivity contribution in [1.82, 2.24) is 0 Å². The van der Waals surface area contributed by atoms with Crippen molar-refractivity contribution in [3.05, 3.63) is 23.0 Å². The molecule has 1 aliphatic carbocycles. The van der Waals surface area contributed by atoms with E-state index in [1.807, 2.05) is 20.8 Å². The molecule has 0 radical (unpaired) electrons. The highest BCUT2D eigenvalue weighted by molar-refractivity contribution is 5.91. The molecule has 19 heavy (non-hydrogen) atoms. The van der Waals surface area contributed by atoms with Crippen molar-refractivity contribution in [2.24, 2.45) is 5.41 Å². The van der Waals surface area contributed by atoms with E-state index in [1.165, 1.54) is 13.0 Å². The minimum atomic E-state index is -1.32. The number of carbonyl (C=O) groups is 2.